The number of methoxy groups -OCH3 is 1. The lowest BCUT2D eigenvalue weighted by Gasteiger charge is -2.61. The predicted octanol–water partition coefficient (Wildman–Crippen LogP) is 5.11. The molecule has 2 nitrogen and oxygen atoms in total. The van der Waals surface area contributed by atoms with E-state index in [0.29, 0.717) is 28.3 Å². The average Bonchev–Trinajstić information content (AvgIpc) is 3.12. The van der Waals surface area contributed by atoms with Crippen LogP contribution in [0, 0.1) is 51.8 Å². The lowest BCUT2D eigenvalue weighted by atomic mass is 9.45. The third-order valence-electron chi connectivity index (χ3n) is 10.8. The van der Waals surface area contributed by atoms with Crippen LogP contribution in [0.15, 0.2) is 0 Å². The summed E-state index contributed by atoms with van der Waals surface area (Å²) in [6.07, 6.45) is 12.7. The van der Waals surface area contributed by atoms with E-state index in [-0.39, 0.29) is 5.92 Å². The van der Waals surface area contributed by atoms with Gasteiger partial charge in [0.1, 0.15) is 6.29 Å². The molecule has 0 bridgehead atoms. The Bertz CT molecular complexity index is 587. The van der Waals surface area contributed by atoms with Crippen LogP contribution in [0.4, 0.5) is 0 Å². The maximum absolute atomic E-state index is 11.5. The van der Waals surface area contributed by atoms with E-state index in [2.05, 4.69) is 20.8 Å². The molecule has 0 amide bonds. The minimum absolute atomic E-state index is 0.231. The van der Waals surface area contributed by atoms with E-state index in [9.17, 15) is 4.79 Å². The van der Waals surface area contributed by atoms with Crippen LogP contribution in [0.3, 0.4) is 0 Å². The van der Waals surface area contributed by atoms with Crippen molar-refractivity contribution in [2.24, 2.45) is 51.8 Å². The molecule has 10 atom stereocenters. The van der Waals surface area contributed by atoms with Crippen molar-refractivity contribution < 1.29 is 9.53 Å². The number of hydrogen-bond acceptors (Lipinski definition) is 2. The Balaban J connectivity index is 1.50. The fourth-order valence-corrected chi connectivity index (χ4v) is 9.58. The number of ether oxygens (including phenoxy) is 1. The van der Waals surface area contributed by atoms with Crippen LogP contribution < -0.4 is 0 Å². The molecule has 5 aliphatic rings. The highest BCUT2D eigenvalue weighted by molar-refractivity contribution is 5.53. The molecule has 0 aliphatic heterocycles. The van der Waals surface area contributed by atoms with Gasteiger partial charge >= 0.3 is 0 Å². The van der Waals surface area contributed by atoms with Crippen molar-refractivity contribution in [3.63, 3.8) is 0 Å². The SMILES string of the molecule is CO[C@@H]1C[C@H]2[C@@H]3CCC([C@H](C)C=O)[C@@]3(C)CC[C@@H]2[C@@]2(C)CC[C@H]3C[C@]312. The largest absolute Gasteiger partial charge is 0.381 e. The van der Waals surface area contributed by atoms with Crippen molar-refractivity contribution in [1.82, 2.24) is 0 Å². The minimum atomic E-state index is 0.231. The van der Waals surface area contributed by atoms with Gasteiger partial charge in [0.25, 0.3) is 0 Å². The Morgan fingerprint density at radius 1 is 1.08 bits per heavy atom. The molecule has 25 heavy (non-hydrogen) atoms. The van der Waals surface area contributed by atoms with E-state index in [0.717, 1.165) is 23.7 Å². The molecule has 0 aromatic heterocycles. The highest BCUT2D eigenvalue weighted by atomic mass is 16.5. The maximum atomic E-state index is 11.5. The van der Waals surface area contributed by atoms with Crippen LogP contribution in [-0.2, 0) is 9.53 Å². The maximum Gasteiger partial charge on any atom is 0.123 e. The first kappa shape index (κ1) is 16.8. The Kier molecular flexibility index (Phi) is 3.43. The van der Waals surface area contributed by atoms with E-state index in [1.54, 1.807) is 0 Å². The second-order valence-corrected chi connectivity index (χ2v) is 11.0. The highest BCUT2D eigenvalue weighted by Gasteiger charge is 2.77. The number of fused-ring (bicyclic) bond motifs is 4. The van der Waals surface area contributed by atoms with Gasteiger partial charge in [0.05, 0.1) is 6.10 Å². The molecule has 1 spiro atoms. The molecular weight excluding hydrogens is 308 g/mol. The molecule has 2 heteroatoms. The van der Waals surface area contributed by atoms with E-state index >= 15 is 0 Å². The zero-order valence-electron chi connectivity index (χ0n) is 16.6. The molecule has 5 aliphatic carbocycles. The monoisotopic (exact) mass is 344 g/mol. The summed E-state index contributed by atoms with van der Waals surface area (Å²) < 4.78 is 6.18. The first-order valence-electron chi connectivity index (χ1n) is 10.9. The molecule has 5 saturated carbocycles. The Hall–Kier alpha value is -0.370. The Morgan fingerprint density at radius 2 is 1.88 bits per heavy atom. The quantitative estimate of drug-likeness (QED) is 0.665. The Morgan fingerprint density at radius 3 is 2.56 bits per heavy atom. The molecule has 140 valence electrons. The van der Waals surface area contributed by atoms with Crippen LogP contribution >= 0.6 is 0 Å². The van der Waals surface area contributed by atoms with E-state index in [1.165, 1.54) is 57.7 Å². The van der Waals surface area contributed by atoms with Gasteiger partial charge in [0, 0.05) is 18.4 Å². The minimum Gasteiger partial charge on any atom is -0.381 e. The number of rotatable bonds is 3. The third-order valence-corrected chi connectivity index (χ3v) is 10.8. The molecular formula is C23H36O2. The van der Waals surface area contributed by atoms with Crippen molar-refractivity contribution in [2.45, 2.75) is 78.2 Å². The summed E-state index contributed by atoms with van der Waals surface area (Å²) >= 11 is 0. The average molecular weight is 345 g/mol. The molecule has 5 fully saturated rings. The number of hydrogen-bond donors (Lipinski definition) is 0. The van der Waals surface area contributed by atoms with Gasteiger partial charge in [-0.25, -0.2) is 0 Å². The van der Waals surface area contributed by atoms with Crippen LogP contribution in [0.2, 0.25) is 0 Å². The first-order chi connectivity index (χ1) is 11.9. The van der Waals surface area contributed by atoms with Crippen LogP contribution in [0.5, 0.6) is 0 Å². The van der Waals surface area contributed by atoms with Gasteiger partial charge in [-0.3, -0.25) is 0 Å². The summed E-state index contributed by atoms with van der Waals surface area (Å²) in [6.45, 7) is 7.35. The van der Waals surface area contributed by atoms with Gasteiger partial charge in [-0.05, 0) is 91.8 Å². The fourth-order valence-electron chi connectivity index (χ4n) is 9.58. The van der Waals surface area contributed by atoms with Gasteiger partial charge in [0.15, 0.2) is 0 Å². The second kappa shape index (κ2) is 5.12. The molecule has 0 N–H and O–H groups in total. The fraction of sp³-hybridized carbons (Fsp3) is 0.957. The van der Waals surface area contributed by atoms with Crippen molar-refractivity contribution in [3.05, 3.63) is 0 Å². The predicted molar refractivity (Wildman–Crippen MR) is 99.1 cm³/mol. The van der Waals surface area contributed by atoms with E-state index in [1.807, 2.05) is 7.11 Å². The highest BCUT2D eigenvalue weighted by Crippen LogP contribution is 2.82. The summed E-state index contributed by atoms with van der Waals surface area (Å²) in [5.74, 6) is 4.37. The first-order valence-corrected chi connectivity index (χ1v) is 10.9. The molecule has 0 radical (unpaired) electrons. The third kappa shape index (κ3) is 1.79. The van der Waals surface area contributed by atoms with Crippen molar-refractivity contribution in [2.75, 3.05) is 7.11 Å². The standard InChI is InChI=1S/C23H36O2/c1-14(13-24)17-5-6-18-16-11-20(25-4)23-12-15(23)7-10-22(23,3)19(16)8-9-21(17,18)2/h13-20H,5-12H2,1-4H3/t14-,15+,16+,17?,18+,19+,20-,21-,22-,23+/m1/s1. The molecule has 0 aromatic carbocycles. The molecule has 0 heterocycles. The van der Waals surface area contributed by atoms with Gasteiger partial charge in [0.2, 0.25) is 0 Å². The summed E-state index contributed by atoms with van der Waals surface area (Å²) in [5.41, 5.74) is 1.45. The zero-order chi connectivity index (χ0) is 17.6. The van der Waals surface area contributed by atoms with E-state index < -0.39 is 0 Å². The number of carbonyl (C=O) groups is 1. The van der Waals surface area contributed by atoms with E-state index in [4.69, 9.17) is 4.74 Å². The summed E-state index contributed by atoms with van der Waals surface area (Å²) in [6, 6.07) is 0. The second-order valence-electron chi connectivity index (χ2n) is 11.0. The normalized spacial score (nSPS) is 60.2. The van der Waals surface area contributed by atoms with Crippen LogP contribution in [-0.4, -0.2) is 19.5 Å². The summed E-state index contributed by atoms with van der Waals surface area (Å²) in [4.78, 5) is 11.5. The van der Waals surface area contributed by atoms with Crippen LogP contribution in [0.1, 0.15) is 72.1 Å². The molecule has 5 rings (SSSR count). The lowest BCUT2D eigenvalue weighted by molar-refractivity contribution is -0.161. The molecule has 0 aromatic rings. The van der Waals surface area contributed by atoms with Crippen molar-refractivity contribution >= 4 is 6.29 Å². The number of aldehydes is 1. The van der Waals surface area contributed by atoms with Gasteiger partial charge in [-0.2, -0.15) is 0 Å². The van der Waals surface area contributed by atoms with Crippen molar-refractivity contribution in [1.29, 1.82) is 0 Å². The van der Waals surface area contributed by atoms with Gasteiger partial charge < -0.3 is 9.53 Å². The van der Waals surface area contributed by atoms with Gasteiger partial charge in [-0.15, -0.1) is 0 Å². The van der Waals surface area contributed by atoms with Crippen LogP contribution in [0.25, 0.3) is 0 Å². The topological polar surface area (TPSA) is 26.3 Å². The lowest BCUT2D eigenvalue weighted by Crippen LogP contribution is -2.57. The summed E-state index contributed by atoms with van der Waals surface area (Å²) in [7, 11) is 1.97. The van der Waals surface area contributed by atoms with Gasteiger partial charge in [-0.1, -0.05) is 20.8 Å². The smallest absolute Gasteiger partial charge is 0.123 e. The van der Waals surface area contributed by atoms with Crippen molar-refractivity contribution in [3.8, 4) is 0 Å². The molecule has 1 unspecified atom stereocenters. The zero-order valence-corrected chi connectivity index (χ0v) is 16.6. The number of carbonyl (C=O) groups excluding carboxylic acids is 1. The summed E-state index contributed by atoms with van der Waals surface area (Å²) in [5, 5.41) is 0. The molecule has 0 saturated heterocycles. The Labute approximate surface area is 153 Å².